The van der Waals surface area contributed by atoms with Gasteiger partial charge >= 0.3 is 13.6 Å². The summed E-state index contributed by atoms with van der Waals surface area (Å²) in [5.74, 6) is -0.614. The second-order valence-corrected chi connectivity index (χ2v) is 10.3. The Morgan fingerprint density at radius 1 is 1.12 bits per heavy atom. The summed E-state index contributed by atoms with van der Waals surface area (Å²) in [6, 6.07) is 0. The summed E-state index contributed by atoms with van der Waals surface area (Å²) >= 11 is 0. The van der Waals surface area contributed by atoms with Gasteiger partial charge in [0, 0.05) is 20.6 Å². The molecule has 3 unspecified atom stereocenters. The van der Waals surface area contributed by atoms with E-state index in [1.54, 1.807) is 0 Å². The van der Waals surface area contributed by atoms with E-state index in [4.69, 9.17) is 27.6 Å². The van der Waals surface area contributed by atoms with Crippen molar-refractivity contribution in [3.05, 3.63) is 0 Å². The zero-order chi connectivity index (χ0) is 19.8. The van der Waals surface area contributed by atoms with Gasteiger partial charge in [-0.3, -0.25) is 4.57 Å². The Bertz CT molecular complexity index is 486. The molecule has 0 aromatic heterocycles. The zero-order valence-electron chi connectivity index (χ0n) is 15.8. The zero-order valence-corrected chi connectivity index (χ0v) is 17.5. The molecule has 1 rings (SSSR count). The van der Waals surface area contributed by atoms with E-state index in [1.165, 1.54) is 35.2 Å². The summed E-state index contributed by atoms with van der Waals surface area (Å²) in [6.07, 6.45) is -0.0654. The second-order valence-electron chi connectivity index (χ2n) is 5.92. The standard InChI is InChI=1S/C14H28O10P2/c1-13(16)11-14(2,24-25(13)21-10-12(15)20-5)26(17,22-8-6-18-3)23-9-7-19-4/h16H,6-11H2,1-5H3. The van der Waals surface area contributed by atoms with Crippen molar-refractivity contribution < 1.29 is 46.8 Å². The van der Waals surface area contributed by atoms with Crippen LogP contribution in [0.15, 0.2) is 0 Å². The molecule has 0 spiro atoms. The van der Waals surface area contributed by atoms with Gasteiger partial charge in [0.05, 0.1) is 33.5 Å². The lowest BCUT2D eigenvalue weighted by molar-refractivity contribution is -0.143. The quantitative estimate of drug-likeness (QED) is 0.286. The van der Waals surface area contributed by atoms with Crippen LogP contribution in [0.2, 0.25) is 0 Å². The minimum atomic E-state index is -3.83. The fraction of sp³-hybridized carbons (Fsp3) is 0.929. The van der Waals surface area contributed by atoms with Gasteiger partial charge in [0.15, 0.2) is 11.9 Å². The van der Waals surface area contributed by atoms with Crippen molar-refractivity contribution >= 4 is 21.9 Å². The Hall–Kier alpha value is -0.150. The molecule has 1 saturated heterocycles. The average Bonchev–Trinajstić information content (AvgIpc) is 2.83. The molecule has 1 heterocycles. The van der Waals surface area contributed by atoms with E-state index in [2.05, 4.69) is 4.74 Å². The second kappa shape index (κ2) is 10.4. The molecular formula is C14H28O10P2. The largest absolute Gasteiger partial charge is 0.467 e. The molecule has 1 aliphatic rings. The van der Waals surface area contributed by atoms with Crippen molar-refractivity contribution in [1.29, 1.82) is 0 Å². The minimum Gasteiger partial charge on any atom is -0.467 e. The summed E-state index contributed by atoms with van der Waals surface area (Å²) in [5.41, 5.74) is 0. The van der Waals surface area contributed by atoms with E-state index in [9.17, 15) is 14.5 Å². The van der Waals surface area contributed by atoms with Gasteiger partial charge in [-0.15, -0.1) is 0 Å². The predicted molar refractivity (Wildman–Crippen MR) is 92.9 cm³/mol. The Labute approximate surface area is 154 Å². The molecular weight excluding hydrogens is 390 g/mol. The average molecular weight is 418 g/mol. The summed E-state index contributed by atoms with van der Waals surface area (Å²) < 4.78 is 49.8. The van der Waals surface area contributed by atoms with Crippen molar-refractivity contribution in [3.8, 4) is 0 Å². The third-order valence-corrected chi connectivity index (χ3v) is 8.01. The molecule has 26 heavy (non-hydrogen) atoms. The molecule has 10 nitrogen and oxygen atoms in total. The van der Waals surface area contributed by atoms with E-state index >= 15 is 0 Å². The molecule has 1 aliphatic heterocycles. The molecule has 0 aromatic rings. The molecule has 12 heteroatoms. The first-order valence-electron chi connectivity index (χ1n) is 7.92. The normalized spacial score (nSPS) is 29.1. The monoisotopic (exact) mass is 418 g/mol. The van der Waals surface area contributed by atoms with Gasteiger partial charge in [0.2, 0.25) is 8.38 Å². The van der Waals surface area contributed by atoms with Crippen LogP contribution >= 0.6 is 16.0 Å². The number of methoxy groups -OCH3 is 3. The Morgan fingerprint density at radius 2 is 1.65 bits per heavy atom. The summed E-state index contributed by atoms with van der Waals surface area (Å²) in [7, 11) is -1.60. The first-order valence-corrected chi connectivity index (χ1v) is 10.6. The van der Waals surface area contributed by atoms with Crippen molar-refractivity contribution in [1.82, 2.24) is 0 Å². The predicted octanol–water partition coefficient (Wildman–Crippen LogP) is 1.85. The van der Waals surface area contributed by atoms with Crippen LogP contribution < -0.4 is 0 Å². The fourth-order valence-electron chi connectivity index (χ4n) is 2.27. The Morgan fingerprint density at radius 3 is 2.12 bits per heavy atom. The number of rotatable bonds is 12. The number of hydrogen-bond donors (Lipinski definition) is 1. The van der Waals surface area contributed by atoms with E-state index in [0.29, 0.717) is 0 Å². The summed E-state index contributed by atoms with van der Waals surface area (Å²) in [4.78, 5) is 11.3. The highest BCUT2D eigenvalue weighted by atomic mass is 31.2. The van der Waals surface area contributed by atoms with Crippen LogP contribution in [-0.2, 0) is 41.7 Å². The lowest BCUT2D eigenvalue weighted by Crippen LogP contribution is -2.30. The van der Waals surface area contributed by atoms with E-state index in [-0.39, 0.29) is 32.8 Å². The molecule has 0 bridgehead atoms. The van der Waals surface area contributed by atoms with E-state index in [1.807, 2.05) is 0 Å². The smallest absolute Gasteiger partial charge is 0.362 e. The topological polar surface area (TPSA) is 119 Å². The van der Waals surface area contributed by atoms with Gasteiger partial charge < -0.3 is 37.4 Å². The van der Waals surface area contributed by atoms with Gasteiger partial charge in [0.25, 0.3) is 0 Å². The van der Waals surface area contributed by atoms with Crippen LogP contribution in [0.25, 0.3) is 0 Å². The number of carbonyl (C=O) groups excluding carboxylic acids is 1. The highest BCUT2D eigenvalue weighted by Gasteiger charge is 2.62. The lowest BCUT2D eigenvalue weighted by Gasteiger charge is -2.32. The molecule has 154 valence electrons. The van der Waals surface area contributed by atoms with E-state index < -0.39 is 39.2 Å². The highest BCUT2D eigenvalue weighted by molar-refractivity contribution is 7.57. The van der Waals surface area contributed by atoms with Crippen LogP contribution in [0.5, 0.6) is 0 Å². The number of esters is 1. The third-order valence-electron chi connectivity index (χ3n) is 3.54. The fourth-order valence-corrected chi connectivity index (χ4v) is 6.37. The maximum absolute atomic E-state index is 13.4. The number of ether oxygens (including phenoxy) is 3. The molecule has 1 N–H and O–H groups in total. The Kier molecular flexibility index (Phi) is 9.56. The van der Waals surface area contributed by atoms with E-state index in [0.717, 1.165) is 0 Å². The van der Waals surface area contributed by atoms with Gasteiger partial charge in [-0.05, 0) is 13.8 Å². The summed E-state index contributed by atoms with van der Waals surface area (Å²) in [5, 5.41) is 7.71. The first-order chi connectivity index (χ1) is 12.1. The molecule has 0 radical (unpaired) electrons. The van der Waals surface area contributed by atoms with Gasteiger partial charge in [0.1, 0.15) is 5.34 Å². The van der Waals surface area contributed by atoms with Gasteiger partial charge in [-0.1, -0.05) is 0 Å². The number of aliphatic hydroxyl groups is 1. The maximum Gasteiger partial charge on any atom is 0.362 e. The number of hydrogen-bond acceptors (Lipinski definition) is 10. The van der Waals surface area contributed by atoms with Crippen molar-refractivity contribution in [2.24, 2.45) is 0 Å². The third kappa shape index (κ3) is 6.19. The van der Waals surface area contributed by atoms with Crippen LogP contribution in [0.1, 0.15) is 20.3 Å². The molecule has 0 aromatic carbocycles. The van der Waals surface area contributed by atoms with Crippen molar-refractivity contribution in [3.63, 3.8) is 0 Å². The maximum atomic E-state index is 13.4. The van der Waals surface area contributed by atoms with Gasteiger partial charge in [-0.25, -0.2) is 4.79 Å². The minimum absolute atomic E-state index is 0.0167. The van der Waals surface area contributed by atoms with Crippen LogP contribution in [-0.4, -0.2) is 76.1 Å². The molecule has 1 fully saturated rings. The van der Waals surface area contributed by atoms with Crippen LogP contribution in [0, 0.1) is 0 Å². The molecule has 0 aliphatic carbocycles. The van der Waals surface area contributed by atoms with Crippen molar-refractivity contribution in [2.45, 2.75) is 31.0 Å². The van der Waals surface area contributed by atoms with Crippen molar-refractivity contribution in [2.75, 3.05) is 54.4 Å². The Balaban J connectivity index is 2.92. The first kappa shape index (κ1) is 23.9. The van der Waals surface area contributed by atoms with Crippen LogP contribution in [0.3, 0.4) is 0 Å². The van der Waals surface area contributed by atoms with Crippen LogP contribution in [0.4, 0.5) is 0 Å². The number of carbonyl (C=O) groups is 1. The summed E-state index contributed by atoms with van der Waals surface area (Å²) in [6.45, 7) is 3.05. The van der Waals surface area contributed by atoms with Gasteiger partial charge in [-0.2, -0.15) is 0 Å². The molecule has 3 atom stereocenters. The lowest BCUT2D eigenvalue weighted by atomic mass is 10.2. The highest BCUT2D eigenvalue weighted by Crippen LogP contribution is 2.74. The SMILES string of the molecule is COCCOP(=O)(OCCOC)C1(C)CC(C)(O)P(OCC(=O)OC)O1. The molecule has 0 saturated carbocycles. The molecule has 0 amide bonds.